The predicted octanol–water partition coefficient (Wildman–Crippen LogP) is 4.21. The van der Waals surface area contributed by atoms with Gasteiger partial charge in [0.25, 0.3) is 0 Å². The molecule has 0 aliphatic carbocycles. The van der Waals surface area contributed by atoms with E-state index in [1.54, 1.807) is 6.08 Å². The monoisotopic (exact) mass is 366 g/mol. The van der Waals surface area contributed by atoms with Gasteiger partial charge in [-0.25, -0.2) is 0 Å². The molecule has 134 valence electrons. The van der Waals surface area contributed by atoms with Gasteiger partial charge in [-0.2, -0.15) is 0 Å². The van der Waals surface area contributed by atoms with Crippen LogP contribution in [0.25, 0.3) is 12.2 Å². The second kappa shape index (κ2) is 9.37. The zero-order valence-electron chi connectivity index (χ0n) is 14.7. The maximum Gasteiger partial charge on any atom is 0.246 e. The lowest BCUT2D eigenvalue weighted by Crippen LogP contribution is -2.48. The van der Waals surface area contributed by atoms with Crippen LogP contribution >= 0.6 is 11.6 Å². The van der Waals surface area contributed by atoms with Gasteiger partial charge in [0.2, 0.25) is 5.91 Å². The minimum atomic E-state index is 0.0689. The SMILES string of the molecule is O=C(/C=C/c1ccc(Cl)cc1)N1CCN(C/C=C/c2ccccc2)CC1. The largest absolute Gasteiger partial charge is 0.337 e. The average molecular weight is 367 g/mol. The number of hydrogen-bond acceptors (Lipinski definition) is 2. The highest BCUT2D eigenvalue weighted by Crippen LogP contribution is 2.11. The fourth-order valence-electron chi connectivity index (χ4n) is 2.90. The van der Waals surface area contributed by atoms with Gasteiger partial charge in [-0.05, 0) is 29.3 Å². The third kappa shape index (κ3) is 5.58. The van der Waals surface area contributed by atoms with Crippen molar-refractivity contribution in [2.24, 2.45) is 0 Å². The van der Waals surface area contributed by atoms with Crippen molar-refractivity contribution in [2.75, 3.05) is 32.7 Å². The van der Waals surface area contributed by atoms with Gasteiger partial charge in [-0.1, -0.05) is 66.2 Å². The second-order valence-electron chi connectivity index (χ2n) is 6.32. The van der Waals surface area contributed by atoms with E-state index >= 15 is 0 Å². The van der Waals surface area contributed by atoms with E-state index in [2.05, 4.69) is 29.2 Å². The first-order valence-electron chi connectivity index (χ1n) is 8.87. The van der Waals surface area contributed by atoms with Crippen molar-refractivity contribution in [3.63, 3.8) is 0 Å². The number of hydrogen-bond donors (Lipinski definition) is 0. The number of piperazine rings is 1. The van der Waals surface area contributed by atoms with Gasteiger partial charge < -0.3 is 4.90 Å². The van der Waals surface area contributed by atoms with Gasteiger partial charge in [0.15, 0.2) is 0 Å². The smallest absolute Gasteiger partial charge is 0.246 e. The van der Waals surface area contributed by atoms with Gasteiger partial charge in [0, 0.05) is 43.8 Å². The Morgan fingerprint density at radius 2 is 1.54 bits per heavy atom. The van der Waals surface area contributed by atoms with Crippen LogP contribution in [0.4, 0.5) is 0 Å². The van der Waals surface area contributed by atoms with E-state index in [1.165, 1.54) is 5.56 Å². The summed E-state index contributed by atoms with van der Waals surface area (Å²) < 4.78 is 0. The van der Waals surface area contributed by atoms with Crippen LogP contribution < -0.4 is 0 Å². The van der Waals surface area contributed by atoms with E-state index in [-0.39, 0.29) is 5.91 Å². The molecule has 1 aliphatic rings. The van der Waals surface area contributed by atoms with Crippen molar-refractivity contribution < 1.29 is 4.79 Å². The van der Waals surface area contributed by atoms with Crippen molar-refractivity contribution in [1.29, 1.82) is 0 Å². The highest BCUT2D eigenvalue weighted by Gasteiger charge is 2.18. The van der Waals surface area contributed by atoms with Gasteiger partial charge in [-0.15, -0.1) is 0 Å². The molecule has 0 saturated carbocycles. The van der Waals surface area contributed by atoms with Gasteiger partial charge in [0.1, 0.15) is 0 Å². The second-order valence-corrected chi connectivity index (χ2v) is 6.76. The van der Waals surface area contributed by atoms with Crippen LogP contribution in [-0.2, 0) is 4.79 Å². The first kappa shape index (κ1) is 18.4. The molecule has 1 heterocycles. The van der Waals surface area contributed by atoms with Crippen molar-refractivity contribution in [2.45, 2.75) is 0 Å². The summed E-state index contributed by atoms with van der Waals surface area (Å²) in [5, 5.41) is 0.700. The molecule has 0 bridgehead atoms. The van der Waals surface area contributed by atoms with Crippen LogP contribution in [0.2, 0.25) is 5.02 Å². The van der Waals surface area contributed by atoms with Crippen LogP contribution in [0.1, 0.15) is 11.1 Å². The summed E-state index contributed by atoms with van der Waals surface area (Å²) in [6.07, 6.45) is 7.82. The number of amides is 1. The van der Waals surface area contributed by atoms with Crippen LogP contribution in [0.5, 0.6) is 0 Å². The fraction of sp³-hybridized carbons (Fsp3) is 0.227. The van der Waals surface area contributed by atoms with E-state index < -0.39 is 0 Å². The summed E-state index contributed by atoms with van der Waals surface area (Å²) in [5.74, 6) is 0.0689. The molecule has 4 heteroatoms. The Balaban J connectivity index is 1.43. The molecule has 1 aliphatic heterocycles. The molecule has 1 amide bonds. The summed E-state index contributed by atoms with van der Waals surface area (Å²) in [6, 6.07) is 17.8. The minimum absolute atomic E-state index is 0.0689. The summed E-state index contributed by atoms with van der Waals surface area (Å²) in [7, 11) is 0. The fourth-order valence-corrected chi connectivity index (χ4v) is 3.03. The summed E-state index contributed by atoms with van der Waals surface area (Å²) in [6.45, 7) is 4.25. The molecular weight excluding hydrogens is 344 g/mol. The maximum atomic E-state index is 12.3. The Hall–Kier alpha value is -2.36. The Morgan fingerprint density at radius 3 is 2.23 bits per heavy atom. The number of rotatable bonds is 5. The predicted molar refractivity (Wildman–Crippen MR) is 109 cm³/mol. The molecule has 0 aromatic heterocycles. The van der Waals surface area contributed by atoms with Crippen LogP contribution in [0.15, 0.2) is 66.7 Å². The first-order chi connectivity index (χ1) is 12.7. The zero-order chi connectivity index (χ0) is 18.2. The lowest BCUT2D eigenvalue weighted by molar-refractivity contribution is -0.127. The molecule has 0 radical (unpaired) electrons. The average Bonchev–Trinajstić information content (AvgIpc) is 2.69. The molecule has 3 rings (SSSR count). The highest BCUT2D eigenvalue weighted by molar-refractivity contribution is 6.30. The molecule has 1 fully saturated rings. The van der Waals surface area contributed by atoms with E-state index in [0.29, 0.717) is 5.02 Å². The third-order valence-corrected chi connectivity index (χ3v) is 4.70. The van der Waals surface area contributed by atoms with Crippen molar-refractivity contribution in [3.05, 3.63) is 82.9 Å². The Kier molecular flexibility index (Phi) is 6.64. The maximum absolute atomic E-state index is 12.3. The molecule has 0 N–H and O–H groups in total. The normalized spacial score (nSPS) is 15.8. The molecule has 0 unspecified atom stereocenters. The summed E-state index contributed by atoms with van der Waals surface area (Å²) in [5.41, 5.74) is 2.20. The van der Waals surface area contributed by atoms with E-state index in [1.807, 2.05) is 53.4 Å². The molecule has 1 saturated heterocycles. The molecule has 26 heavy (non-hydrogen) atoms. The van der Waals surface area contributed by atoms with Crippen molar-refractivity contribution >= 4 is 29.7 Å². The van der Waals surface area contributed by atoms with E-state index in [4.69, 9.17) is 11.6 Å². The number of nitrogens with zero attached hydrogens (tertiary/aromatic N) is 2. The van der Waals surface area contributed by atoms with Crippen LogP contribution in [0.3, 0.4) is 0 Å². The Bertz CT molecular complexity index is 760. The lowest BCUT2D eigenvalue weighted by atomic mass is 10.2. The Morgan fingerprint density at radius 1 is 0.885 bits per heavy atom. The van der Waals surface area contributed by atoms with E-state index in [0.717, 1.165) is 38.3 Å². The molecule has 2 aromatic carbocycles. The van der Waals surface area contributed by atoms with E-state index in [9.17, 15) is 4.79 Å². The molecule has 0 atom stereocenters. The molecular formula is C22H23ClN2O. The van der Waals surface area contributed by atoms with Gasteiger partial charge >= 0.3 is 0 Å². The lowest BCUT2D eigenvalue weighted by Gasteiger charge is -2.33. The van der Waals surface area contributed by atoms with Gasteiger partial charge in [-0.3, -0.25) is 9.69 Å². The van der Waals surface area contributed by atoms with Crippen LogP contribution in [-0.4, -0.2) is 48.4 Å². The summed E-state index contributed by atoms with van der Waals surface area (Å²) in [4.78, 5) is 16.6. The number of carbonyl (C=O) groups excluding carboxylic acids is 1. The topological polar surface area (TPSA) is 23.6 Å². The first-order valence-corrected chi connectivity index (χ1v) is 9.25. The van der Waals surface area contributed by atoms with Crippen molar-refractivity contribution in [3.8, 4) is 0 Å². The minimum Gasteiger partial charge on any atom is -0.337 e. The molecule has 2 aromatic rings. The number of carbonyl (C=O) groups is 1. The molecule has 0 spiro atoms. The number of halogens is 1. The standard InChI is InChI=1S/C22H23ClN2O/c23-21-11-8-20(9-12-21)10-13-22(26)25-17-15-24(16-18-25)14-4-7-19-5-2-1-3-6-19/h1-13H,14-18H2/b7-4+,13-10+. The quantitative estimate of drug-likeness (QED) is 0.740. The zero-order valence-corrected chi connectivity index (χ0v) is 15.5. The third-order valence-electron chi connectivity index (χ3n) is 4.45. The highest BCUT2D eigenvalue weighted by atomic mass is 35.5. The molecule has 3 nitrogen and oxygen atoms in total. The van der Waals surface area contributed by atoms with Crippen LogP contribution in [0, 0.1) is 0 Å². The Labute approximate surface area is 160 Å². The number of benzene rings is 2. The summed E-state index contributed by atoms with van der Waals surface area (Å²) >= 11 is 5.87. The van der Waals surface area contributed by atoms with Crippen molar-refractivity contribution in [1.82, 2.24) is 9.80 Å². The van der Waals surface area contributed by atoms with Gasteiger partial charge in [0.05, 0.1) is 0 Å².